The lowest BCUT2D eigenvalue weighted by atomic mass is 10.1. The first kappa shape index (κ1) is 73.6. The Bertz CT molecular complexity index is 1320. The van der Waals surface area contributed by atoms with Crippen LogP contribution >= 0.6 is 0 Å². The fourth-order valence-electron chi connectivity index (χ4n) is 5.42. The molecule has 0 saturated heterocycles. The Morgan fingerprint density at radius 3 is 1.02 bits per heavy atom. The quantitative estimate of drug-likeness (QED) is 0.0185. The Morgan fingerprint density at radius 2 is 0.773 bits per heavy atom. The van der Waals surface area contributed by atoms with Crippen molar-refractivity contribution in [1.82, 2.24) is 0 Å². The molecule has 17 nitrogen and oxygen atoms in total. The van der Waals surface area contributed by atoms with E-state index in [-0.39, 0.29) is 31.7 Å². The van der Waals surface area contributed by atoms with Crippen molar-refractivity contribution in [2.24, 2.45) is 5.92 Å². The van der Waals surface area contributed by atoms with E-state index in [0.717, 1.165) is 12.5 Å². The smallest absolute Gasteiger partial charge is 0.306 e. The monoisotopic (exact) mass is 968 g/mol. The van der Waals surface area contributed by atoms with E-state index in [1.807, 2.05) is 81.7 Å². The first-order valence-corrected chi connectivity index (χ1v) is 22.5. The van der Waals surface area contributed by atoms with Gasteiger partial charge in [-0.25, -0.2) is 0 Å². The largest absolute Gasteiger partial charge is 1.00 e. The molecule has 0 aromatic carbocycles. The highest BCUT2D eigenvalue weighted by Gasteiger charge is 2.19. The van der Waals surface area contributed by atoms with Gasteiger partial charge in [0, 0.05) is 5.92 Å². The van der Waals surface area contributed by atoms with Crippen LogP contribution in [0.4, 0.5) is 0 Å². The molecule has 0 aliphatic carbocycles. The Kier molecular flexibility index (Phi) is 50.0. The molecule has 0 radical (unpaired) electrons. The van der Waals surface area contributed by atoms with Crippen molar-refractivity contribution < 1.29 is 95.5 Å². The van der Waals surface area contributed by atoms with E-state index in [0.29, 0.717) is 33.1 Å². The number of aliphatic carboxylic acids is 5. The van der Waals surface area contributed by atoms with E-state index in [2.05, 4.69) is 13.0 Å². The number of unbranched alkanes of at least 4 members (excludes halogenated alkanes) is 11. The maximum absolute atomic E-state index is 10.2. The molecule has 0 heterocycles. The summed E-state index contributed by atoms with van der Waals surface area (Å²) in [7, 11) is 17.2. The fourth-order valence-corrected chi connectivity index (χ4v) is 5.42. The Hall–Kier alpha value is -3.97. The lowest BCUT2D eigenvalue weighted by molar-refractivity contribution is -0.873. The number of hydrogen-bond acceptors (Lipinski definition) is 11. The lowest BCUT2D eigenvalue weighted by Crippen LogP contribution is -3.00. The van der Waals surface area contributed by atoms with E-state index in [9.17, 15) is 39.0 Å². The molecule has 0 aromatic rings. The minimum absolute atomic E-state index is 0. The predicted octanol–water partition coefficient (Wildman–Crippen LogP) is 0.212. The third-order valence-corrected chi connectivity index (χ3v) is 8.13. The molecule has 0 aromatic heterocycles. The number of likely N-dealkylation sites (N-methyl/N-ethyl adjacent to an activating group) is 3. The molecule has 0 rings (SSSR count). The maximum atomic E-state index is 10.2. The van der Waals surface area contributed by atoms with Gasteiger partial charge in [0.25, 0.3) is 0 Å². The van der Waals surface area contributed by atoms with E-state index in [1.165, 1.54) is 90.6 Å². The summed E-state index contributed by atoms with van der Waals surface area (Å²) in [6, 6.07) is 0. The van der Waals surface area contributed by atoms with Crippen LogP contribution in [0.25, 0.3) is 0 Å². The number of allylic oxidation sites excluding steroid dienone is 7. The SMILES string of the molecule is CC(C)C(=O)C(=O)[O-].CCCCCCCCCCCCCC=CC=CC=CC=CC(=O)[O-].C[N+](C)(C)CC(O)CC(=O)O.C[N+](C)(C)CC(O)CC(=O)O.C[N+](C)(C)CC(O)CC(=O)O.[Cl-]. The predicted molar refractivity (Wildman–Crippen MR) is 251 cm³/mol. The second-order valence-electron chi connectivity index (χ2n) is 19.2. The van der Waals surface area contributed by atoms with Gasteiger partial charge in [0.05, 0.1) is 88.7 Å². The van der Waals surface area contributed by atoms with Crippen LogP contribution in [0.3, 0.4) is 0 Å². The number of carboxylic acids is 5. The van der Waals surface area contributed by atoms with Crippen LogP contribution in [-0.2, 0) is 28.8 Å². The van der Waals surface area contributed by atoms with Gasteiger partial charge in [-0.1, -0.05) is 128 Å². The number of carboxylic acid groups (broad SMARTS) is 5. The summed E-state index contributed by atoms with van der Waals surface area (Å²) in [5, 5.41) is 72.2. The molecule has 388 valence electrons. The molecule has 6 N–H and O–H groups in total. The topological polar surface area (TPSA) is 270 Å². The first-order chi connectivity index (χ1) is 29.8. The van der Waals surface area contributed by atoms with Crippen molar-refractivity contribution in [3.8, 4) is 0 Å². The van der Waals surface area contributed by atoms with Crippen molar-refractivity contribution in [3.63, 3.8) is 0 Å². The number of carbonyl (C=O) groups excluding carboxylic acids is 3. The number of rotatable bonds is 30. The molecule has 0 spiro atoms. The zero-order valence-electron chi connectivity index (χ0n) is 42.3. The minimum atomic E-state index is -1.60. The van der Waals surface area contributed by atoms with Gasteiger partial charge in [-0.2, -0.15) is 0 Å². The summed E-state index contributed by atoms with van der Waals surface area (Å²) in [5.41, 5.74) is 0. The fraction of sp³-hybridized carbons (Fsp3) is 0.708. The van der Waals surface area contributed by atoms with Crippen LogP contribution < -0.4 is 22.6 Å². The van der Waals surface area contributed by atoms with Crippen LogP contribution in [0, 0.1) is 5.92 Å². The second kappa shape index (κ2) is 44.8. The van der Waals surface area contributed by atoms with Gasteiger partial charge < -0.3 is 76.3 Å². The van der Waals surface area contributed by atoms with E-state index in [1.54, 1.807) is 12.2 Å². The number of carbonyl (C=O) groups is 6. The van der Waals surface area contributed by atoms with Gasteiger partial charge in [-0.05, 0) is 18.9 Å². The van der Waals surface area contributed by atoms with Crippen LogP contribution in [0.5, 0.6) is 0 Å². The summed E-state index contributed by atoms with van der Waals surface area (Å²) >= 11 is 0. The average Bonchev–Trinajstić information content (AvgIpc) is 3.09. The summed E-state index contributed by atoms with van der Waals surface area (Å²) in [6.45, 7) is 6.69. The van der Waals surface area contributed by atoms with Gasteiger partial charge in [0.15, 0.2) is 5.78 Å². The molecule has 0 aliphatic rings. The summed E-state index contributed by atoms with van der Waals surface area (Å²) in [6.07, 6.45) is 27.6. The van der Waals surface area contributed by atoms with Crippen LogP contribution in [0.15, 0.2) is 48.6 Å². The molecular weight excluding hydrogens is 878 g/mol. The summed E-state index contributed by atoms with van der Waals surface area (Å²) in [5.74, 6) is -6.93. The highest BCUT2D eigenvalue weighted by molar-refractivity contribution is 6.32. The zero-order chi connectivity index (χ0) is 51.7. The van der Waals surface area contributed by atoms with Crippen molar-refractivity contribution in [2.45, 2.75) is 135 Å². The molecule has 0 aliphatic heterocycles. The van der Waals surface area contributed by atoms with Crippen molar-refractivity contribution in [1.29, 1.82) is 0 Å². The van der Waals surface area contributed by atoms with E-state index in [4.69, 9.17) is 30.6 Å². The Balaban J connectivity index is -0.000000182. The molecule has 0 saturated carbocycles. The molecular formula is C48H90ClN3O14. The number of Topliss-reactive ketones (excluding diaryl/α,β-unsaturated/α-hetero) is 1. The second-order valence-corrected chi connectivity index (χ2v) is 19.2. The highest BCUT2D eigenvalue weighted by atomic mass is 35.5. The van der Waals surface area contributed by atoms with Crippen LogP contribution in [-0.4, -0.2) is 181 Å². The molecule has 3 unspecified atom stereocenters. The molecule has 0 bridgehead atoms. The van der Waals surface area contributed by atoms with Crippen molar-refractivity contribution in [2.75, 3.05) is 83.1 Å². The number of halogens is 1. The highest BCUT2D eigenvalue weighted by Crippen LogP contribution is 2.12. The van der Waals surface area contributed by atoms with Crippen LogP contribution in [0.2, 0.25) is 0 Å². The molecule has 0 fully saturated rings. The minimum Gasteiger partial charge on any atom is -1.00 e. The summed E-state index contributed by atoms with van der Waals surface area (Å²) < 4.78 is 1.73. The number of quaternary nitrogens is 3. The van der Waals surface area contributed by atoms with Gasteiger partial charge >= 0.3 is 17.9 Å². The van der Waals surface area contributed by atoms with Gasteiger partial charge in [0.1, 0.15) is 43.9 Å². The van der Waals surface area contributed by atoms with Crippen molar-refractivity contribution >= 4 is 35.6 Å². The molecule has 0 amide bonds. The number of aliphatic hydroxyl groups is 3. The third-order valence-electron chi connectivity index (χ3n) is 8.13. The lowest BCUT2D eigenvalue weighted by Gasteiger charge is -2.25. The Morgan fingerprint density at radius 1 is 0.485 bits per heavy atom. The summed E-state index contributed by atoms with van der Waals surface area (Å²) in [4.78, 5) is 60.4. The van der Waals surface area contributed by atoms with Gasteiger partial charge in [0.2, 0.25) is 0 Å². The van der Waals surface area contributed by atoms with Crippen molar-refractivity contribution in [3.05, 3.63) is 48.6 Å². The van der Waals surface area contributed by atoms with E-state index >= 15 is 0 Å². The first-order valence-electron chi connectivity index (χ1n) is 22.5. The average molecular weight is 969 g/mol. The zero-order valence-corrected chi connectivity index (χ0v) is 43.1. The normalized spacial score (nSPS) is 12.9. The number of nitrogens with zero attached hydrogens (tertiary/aromatic N) is 3. The molecule has 66 heavy (non-hydrogen) atoms. The van der Waals surface area contributed by atoms with Gasteiger partial charge in [-0.3, -0.25) is 19.2 Å². The third kappa shape index (κ3) is 77.3. The Labute approximate surface area is 403 Å². The van der Waals surface area contributed by atoms with Gasteiger partial charge in [-0.15, -0.1) is 0 Å². The molecule has 3 atom stereocenters. The number of ketones is 1. The van der Waals surface area contributed by atoms with Crippen LogP contribution in [0.1, 0.15) is 117 Å². The number of aliphatic hydroxyl groups excluding tert-OH is 3. The standard InChI is InChI=1S/C22H36O2.3C7H15NO3.C5H8O3.ClH/c1-2-3-4-5-6-7-8-9-10-11-12-13-14-15-16-17-18-19-20-21-22(23)24;3*1-8(2,3)5-6(9)4-7(10)11;1-3(2)4(6)5(7)8;/h14-21H,2-13H2,1H3,(H,23,24);3*6,9H,4-5H2,1-3H3;3H,1-2H3,(H,7,8);1H. The number of hydrogen-bond donors (Lipinski definition) is 6. The maximum Gasteiger partial charge on any atom is 0.306 e. The van der Waals surface area contributed by atoms with E-state index < -0.39 is 59.9 Å². The molecule has 18 heteroatoms.